The van der Waals surface area contributed by atoms with Gasteiger partial charge < -0.3 is 15.0 Å². The van der Waals surface area contributed by atoms with Crippen molar-refractivity contribution in [3.8, 4) is 0 Å². The third-order valence-corrected chi connectivity index (χ3v) is 3.34. The zero-order valence-corrected chi connectivity index (χ0v) is 11.2. The summed E-state index contributed by atoms with van der Waals surface area (Å²) in [6, 6.07) is 10.1. The van der Waals surface area contributed by atoms with E-state index in [1.54, 1.807) is 0 Å². The SMILES string of the molecule is O=c1[nH]c(CNCc2ccccc2)nc2c1COCC2. The first-order valence-electron chi connectivity index (χ1n) is 6.76. The van der Waals surface area contributed by atoms with Crippen LogP contribution in [0.3, 0.4) is 0 Å². The lowest BCUT2D eigenvalue weighted by Crippen LogP contribution is -2.27. The van der Waals surface area contributed by atoms with Gasteiger partial charge in [-0.3, -0.25) is 4.79 Å². The minimum absolute atomic E-state index is 0.0776. The van der Waals surface area contributed by atoms with Crippen LogP contribution in [0.25, 0.3) is 0 Å². The molecule has 1 aromatic carbocycles. The van der Waals surface area contributed by atoms with Crippen LogP contribution in [0, 0.1) is 0 Å². The Morgan fingerprint density at radius 1 is 1.25 bits per heavy atom. The molecule has 0 unspecified atom stereocenters. The van der Waals surface area contributed by atoms with Crippen LogP contribution in [0.4, 0.5) is 0 Å². The molecule has 5 nitrogen and oxygen atoms in total. The van der Waals surface area contributed by atoms with Crippen molar-refractivity contribution in [3.63, 3.8) is 0 Å². The highest BCUT2D eigenvalue weighted by atomic mass is 16.5. The molecule has 20 heavy (non-hydrogen) atoms. The van der Waals surface area contributed by atoms with Gasteiger partial charge in [0, 0.05) is 13.0 Å². The van der Waals surface area contributed by atoms with Crippen LogP contribution in [0.5, 0.6) is 0 Å². The van der Waals surface area contributed by atoms with Crippen LogP contribution in [0.1, 0.15) is 22.6 Å². The van der Waals surface area contributed by atoms with E-state index >= 15 is 0 Å². The number of nitrogens with one attached hydrogen (secondary N) is 2. The highest BCUT2D eigenvalue weighted by Gasteiger charge is 2.15. The van der Waals surface area contributed by atoms with E-state index < -0.39 is 0 Å². The molecular formula is C15H17N3O2. The molecule has 104 valence electrons. The van der Waals surface area contributed by atoms with Gasteiger partial charge in [-0.15, -0.1) is 0 Å². The van der Waals surface area contributed by atoms with Crippen LogP contribution in [-0.4, -0.2) is 16.6 Å². The lowest BCUT2D eigenvalue weighted by atomic mass is 10.1. The number of hydrogen-bond acceptors (Lipinski definition) is 4. The quantitative estimate of drug-likeness (QED) is 0.875. The van der Waals surface area contributed by atoms with Crippen molar-refractivity contribution in [2.24, 2.45) is 0 Å². The van der Waals surface area contributed by atoms with Crippen molar-refractivity contribution in [2.45, 2.75) is 26.1 Å². The number of aromatic nitrogens is 2. The number of ether oxygens (including phenoxy) is 1. The third kappa shape index (κ3) is 2.95. The molecule has 2 N–H and O–H groups in total. The predicted molar refractivity (Wildman–Crippen MR) is 75.2 cm³/mol. The van der Waals surface area contributed by atoms with Gasteiger partial charge in [-0.25, -0.2) is 4.98 Å². The summed E-state index contributed by atoms with van der Waals surface area (Å²) >= 11 is 0. The van der Waals surface area contributed by atoms with Crippen molar-refractivity contribution < 1.29 is 4.74 Å². The topological polar surface area (TPSA) is 67.0 Å². The average molecular weight is 271 g/mol. The van der Waals surface area contributed by atoms with E-state index in [1.165, 1.54) is 5.56 Å². The first-order valence-corrected chi connectivity index (χ1v) is 6.76. The monoisotopic (exact) mass is 271 g/mol. The highest BCUT2D eigenvalue weighted by Crippen LogP contribution is 2.09. The number of H-pyrrole nitrogens is 1. The molecule has 1 aromatic heterocycles. The first kappa shape index (κ1) is 13.0. The summed E-state index contributed by atoms with van der Waals surface area (Å²) in [4.78, 5) is 19.2. The van der Waals surface area contributed by atoms with E-state index in [9.17, 15) is 4.79 Å². The smallest absolute Gasteiger partial charge is 0.256 e. The molecule has 0 saturated heterocycles. The largest absolute Gasteiger partial charge is 0.376 e. The Balaban J connectivity index is 1.66. The second kappa shape index (κ2) is 5.98. The molecule has 0 atom stereocenters. The van der Waals surface area contributed by atoms with E-state index in [-0.39, 0.29) is 5.56 Å². The lowest BCUT2D eigenvalue weighted by Gasteiger charge is -2.15. The maximum absolute atomic E-state index is 11.9. The second-order valence-corrected chi connectivity index (χ2v) is 4.83. The fourth-order valence-electron chi connectivity index (χ4n) is 2.30. The van der Waals surface area contributed by atoms with Gasteiger partial charge in [-0.1, -0.05) is 30.3 Å². The van der Waals surface area contributed by atoms with Crippen molar-refractivity contribution in [2.75, 3.05) is 6.61 Å². The normalized spacial score (nSPS) is 14.0. The Kier molecular flexibility index (Phi) is 3.90. The summed E-state index contributed by atoms with van der Waals surface area (Å²) in [6.45, 7) is 2.32. The van der Waals surface area contributed by atoms with Gasteiger partial charge in [-0.2, -0.15) is 0 Å². The molecule has 5 heteroatoms. The van der Waals surface area contributed by atoms with Crippen LogP contribution in [0.2, 0.25) is 0 Å². The number of hydrogen-bond donors (Lipinski definition) is 2. The average Bonchev–Trinajstić information content (AvgIpc) is 2.48. The second-order valence-electron chi connectivity index (χ2n) is 4.83. The zero-order valence-electron chi connectivity index (χ0n) is 11.2. The molecule has 0 radical (unpaired) electrons. The summed E-state index contributed by atoms with van der Waals surface area (Å²) in [5.41, 5.74) is 2.67. The number of fused-ring (bicyclic) bond motifs is 1. The molecule has 0 spiro atoms. The first-order chi connectivity index (χ1) is 9.83. The number of nitrogens with zero attached hydrogens (tertiary/aromatic N) is 1. The van der Waals surface area contributed by atoms with Crippen LogP contribution < -0.4 is 10.9 Å². The number of rotatable bonds is 4. The van der Waals surface area contributed by atoms with Crippen molar-refractivity contribution in [3.05, 3.63) is 63.3 Å². The Hall–Kier alpha value is -1.98. The van der Waals surface area contributed by atoms with E-state index in [0.717, 1.165) is 12.2 Å². The molecule has 0 amide bonds. The van der Waals surface area contributed by atoms with Crippen molar-refractivity contribution in [1.29, 1.82) is 0 Å². The summed E-state index contributed by atoms with van der Waals surface area (Å²) in [7, 11) is 0. The molecule has 1 aliphatic rings. The molecule has 2 aromatic rings. The number of benzene rings is 1. The summed E-state index contributed by atoms with van der Waals surface area (Å²) in [5.74, 6) is 0.687. The highest BCUT2D eigenvalue weighted by molar-refractivity contribution is 5.19. The fraction of sp³-hybridized carbons (Fsp3) is 0.333. The van der Waals surface area contributed by atoms with E-state index in [0.29, 0.717) is 37.6 Å². The summed E-state index contributed by atoms with van der Waals surface area (Å²) < 4.78 is 5.28. The van der Waals surface area contributed by atoms with Gasteiger partial charge in [0.25, 0.3) is 5.56 Å². The van der Waals surface area contributed by atoms with Crippen LogP contribution in [0.15, 0.2) is 35.1 Å². The molecule has 3 rings (SSSR count). The standard InChI is InChI=1S/C15H17N3O2/c19-15-12-10-20-7-6-13(12)17-14(18-15)9-16-8-11-4-2-1-3-5-11/h1-5,16H,6-10H2,(H,17,18,19). The van der Waals surface area contributed by atoms with Crippen molar-refractivity contribution in [1.82, 2.24) is 15.3 Å². The minimum atomic E-state index is -0.0776. The van der Waals surface area contributed by atoms with Gasteiger partial charge in [-0.05, 0) is 5.56 Å². The van der Waals surface area contributed by atoms with Gasteiger partial charge in [0.2, 0.25) is 0 Å². The Labute approximate surface area is 117 Å². The molecule has 0 aliphatic carbocycles. The van der Waals surface area contributed by atoms with Gasteiger partial charge >= 0.3 is 0 Å². The molecular weight excluding hydrogens is 254 g/mol. The van der Waals surface area contributed by atoms with E-state index in [1.807, 2.05) is 18.2 Å². The van der Waals surface area contributed by atoms with Gasteiger partial charge in [0.15, 0.2) is 0 Å². The summed E-state index contributed by atoms with van der Waals surface area (Å²) in [5, 5.41) is 3.29. The Bertz CT molecular complexity index is 637. The van der Waals surface area contributed by atoms with E-state index in [2.05, 4.69) is 27.4 Å². The molecule has 0 saturated carbocycles. The summed E-state index contributed by atoms with van der Waals surface area (Å²) in [6.07, 6.45) is 0.713. The maximum Gasteiger partial charge on any atom is 0.256 e. The predicted octanol–water partition coefficient (Wildman–Crippen LogP) is 1.13. The zero-order chi connectivity index (χ0) is 13.8. The minimum Gasteiger partial charge on any atom is -0.376 e. The lowest BCUT2D eigenvalue weighted by molar-refractivity contribution is 0.108. The molecule has 2 heterocycles. The molecule has 0 fully saturated rings. The Morgan fingerprint density at radius 2 is 2.10 bits per heavy atom. The molecule has 0 bridgehead atoms. The third-order valence-electron chi connectivity index (χ3n) is 3.34. The maximum atomic E-state index is 11.9. The molecule has 1 aliphatic heterocycles. The fourth-order valence-corrected chi connectivity index (χ4v) is 2.30. The van der Waals surface area contributed by atoms with Crippen LogP contribution >= 0.6 is 0 Å². The van der Waals surface area contributed by atoms with Gasteiger partial charge in [0.1, 0.15) is 5.82 Å². The van der Waals surface area contributed by atoms with E-state index in [4.69, 9.17) is 4.74 Å². The number of aromatic amines is 1. The Morgan fingerprint density at radius 3 is 2.95 bits per heavy atom. The van der Waals surface area contributed by atoms with Gasteiger partial charge in [0.05, 0.1) is 31.0 Å². The van der Waals surface area contributed by atoms with Crippen molar-refractivity contribution >= 4 is 0 Å². The van der Waals surface area contributed by atoms with Crippen LogP contribution in [-0.2, 0) is 30.9 Å².